The summed E-state index contributed by atoms with van der Waals surface area (Å²) in [6, 6.07) is 2.83. The van der Waals surface area contributed by atoms with Gasteiger partial charge in [-0.05, 0) is 44.3 Å². The third kappa shape index (κ3) is 3.90. The fourth-order valence-corrected chi connectivity index (χ4v) is 2.56. The van der Waals surface area contributed by atoms with Gasteiger partial charge in [0.15, 0.2) is 0 Å². The highest BCUT2D eigenvalue weighted by Crippen LogP contribution is 2.13. The quantitative estimate of drug-likeness (QED) is 0.827. The number of amides is 1. The molecule has 110 valence electrons. The van der Waals surface area contributed by atoms with Gasteiger partial charge in [0.2, 0.25) is 0 Å². The van der Waals surface area contributed by atoms with Crippen molar-refractivity contribution in [2.75, 3.05) is 26.2 Å². The number of rotatable bonds is 5. The van der Waals surface area contributed by atoms with Crippen molar-refractivity contribution in [3.8, 4) is 0 Å². The van der Waals surface area contributed by atoms with Crippen molar-refractivity contribution in [1.82, 2.24) is 20.4 Å². The van der Waals surface area contributed by atoms with Crippen LogP contribution in [-0.4, -0.2) is 47.2 Å². The van der Waals surface area contributed by atoms with Crippen molar-refractivity contribution in [3.05, 3.63) is 28.2 Å². The van der Waals surface area contributed by atoms with E-state index >= 15 is 0 Å². The van der Waals surface area contributed by atoms with Gasteiger partial charge in [-0.25, -0.2) is 5.10 Å². The standard InChI is InChI=1S/C14H22N4O2/c1-2-8-18(10-11-4-3-7-15-9-11)14(20)12-5-6-13(19)17-16-12/h5-6,11,15H,2-4,7-10H2,1H3,(H,17,19). The largest absolute Gasteiger partial charge is 0.337 e. The van der Waals surface area contributed by atoms with Gasteiger partial charge < -0.3 is 10.2 Å². The van der Waals surface area contributed by atoms with E-state index in [0.717, 1.165) is 45.4 Å². The molecule has 0 spiro atoms. The fraction of sp³-hybridized carbons (Fsp3) is 0.643. The Kier molecular flexibility index (Phi) is 5.29. The van der Waals surface area contributed by atoms with Gasteiger partial charge in [0, 0.05) is 19.2 Å². The van der Waals surface area contributed by atoms with Crippen LogP contribution in [0.1, 0.15) is 36.7 Å². The highest BCUT2D eigenvalue weighted by Gasteiger charge is 2.22. The van der Waals surface area contributed by atoms with Crippen molar-refractivity contribution in [1.29, 1.82) is 0 Å². The summed E-state index contributed by atoms with van der Waals surface area (Å²) < 4.78 is 0. The molecule has 1 aromatic heterocycles. The summed E-state index contributed by atoms with van der Waals surface area (Å²) in [5, 5.41) is 9.51. The Bertz CT molecular complexity index is 474. The maximum atomic E-state index is 12.4. The summed E-state index contributed by atoms with van der Waals surface area (Å²) in [5.41, 5.74) is 0.0156. The molecule has 1 saturated heterocycles. The first-order chi connectivity index (χ1) is 9.70. The van der Waals surface area contributed by atoms with Gasteiger partial charge in [-0.3, -0.25) is 9.59 Å². The predicted molar refractivity (Wildman–Crippen MR) is 76.6 cm³/mol. The monoisotopic (exact) mass is 278 g/mol. The molecular weight excluding hydrogens is 256 g/mol. The minimum absolute atomic E-state index is 0.103. The maximum absolute atomic E-state index is 12.4. The molecule has 1 aromatic rings. The fourth-order valence-electron chi connectivity index (χ4n) is 2.56. The number of hydrogen-bond acceptors (Lipinski definition) is 4. The summed E-state index contributed by atoms with van der Waals surface area (Å²) >= 11 is 0. The van der Waals surface area contributed by atoms with E-state index in [0.29, 0.717) is 11.6 Å². The van der Waals surface area contributed by atoms with Crippen molar-refractivity contribution < 1.29 is 4.79 Å². The molecule has 0 saturated carbocycles. The number of aromatic amines is 1. The number of carbonyl (C=O) groups excluding carboxylic acids is 1. The average molecular weight is 278 g/mol. The number of H-pyrrole nitrogens is 1. The molecule has 0 aliphatic carbocycles. The van der Waals surface area contributed by atoms with Crippen molar-refractivity contribution in [2.45, 2.75) is 26.2 Å². The zero-order chi connectivity index (χ0) is 14.4. The van der Waals surface area contributed by atoms with Crippen LogP contribution in [0, 0.1) is 5.92 Å². The van der Waals surface area contributed by atoms with Crippen molar-refractivity contribution in [3.63, 3.8) is 0 Å². The molecule has 2 N–H and O–H groups in total. The zero-order valence-corrected chi connectivity index (χ0v) is 11.9. The Balaban J connectivity index is 2.04. The highest BCUT2D eigenvalue weighted by molar-refractivity contribution is 5.92. The van der Waals surface area contributed by atoms with E-state index in [2.05, 4.69) is 22.4 Å². The lowest BCUT2D eigenvalue weighted by molar-refractivity contribution is 0.0711. The van der Waals surface area contributed by atoms with E-state index in [4.69, 9.17) is 0 Å². The molecule has 2 heterocycles. The van der Waals surface area contributed by atoms with Crippen molar-refractivity contribution in [2.24, 2.45) is 5.92 Å². The van der Waals surface area contributed by atoms with E-state index in [9.17, 15) is 9.59 Å². The average Bonchev–Trinajstić information content (AvgIpc) is 2.48. The smallest absolute Gasteiger partial charge is 0.274 e. The lowest BCUT2D eigenvalue weighted by Crippen LogP contribution is -2.41. The van der Waals surface area contributed by atoms with Gasteiger partial charge in [-0.15, -0.1) is 0 Å². The molecular formula is C14H22N4O2. The first-order valence-electron chi connectivity index (χ1n) is 7.26. The summed E-state index contributed by atoms with van der Waals surface area (Å²) in [4.78, 5) is 25.3. The van der Waals surface area contributed by atoms with Gasteiger partial charge in [-0.2, -0.15) is 5.10 Å². The zero-order valence-electron chi connectivity index (χ0n) is 11.9. The van der Waals surface area contributed by atoms with E-state index in [-0.39, 0.29) is 11.5 Å². The summed E-state index contributed by atoms with van der Waals surface area (Å²) in [7, 11) is 0. The van der Waals surface area contributed by atoms with Crippen LogP contribution in [-0.2, 0) is 0 Å². The van der Waals surface area contributed by atoms with Crippen LogP contribution in [0.2, 0.25) is 0 Å². The normalized spacial score (nSPS) is 18.8. The molecule has 1 amide bonds. The van der Waals surface area contributed by atoms with Crippen LogP contribution in [0.25, 0.3) is 0 Å². The van der Waals surface area contributed by atoms with Gasteiger partial charge >= 0.3 is 0 Å². The summed E-state index contributed by atoms with van der Waals surface area (Å²) in [5.74, 6) is 0.399. The number of nitrogens with one attached hydrogen (secondary N) is 2. The van der Waals surface area contributed by atoms with Crippen LogP contribution in [0.5, 0.6) is 0 Å². The number of carbonyl (C=O) groups is 1. The van der Waals surface area contributed by atoms with E-state index in [1.807, 2.05) is 4.90 Å². The molecule has 1 aliphatic rings. The highest BCUT2D eigenvalue weighted by atomic mass is 16.2. The molecule has 1 atom stereocenters. The topological polar surface area (TPSA) is 78.1 Å². The first-order valence-corrected chi connectivity index (χ1v) is 7.26. The lowest BCUT2D eigenvalue weighted by atomic mass is 9.99. The van der Waals surface area contributed by atoms with Crippen LogP contribution < -0.4 is 10.9 Å². The van der Waals surface area contributed by atoms with Gasteiger partial charge in [0.05, 0.1) is 0 Å². The molecule has 1 fully saturated rings. The van der Waals surface area contributed by atoms with Gasteiger partial charge in [-0.1, -0.05) is 6.92 Å². The maximum Gasteiger partial charge on any atom is 0.274 e. The Morgan fingerprint density at radius 3 is 2.95 bits per heavy atom. The number of hydrogen-bond donors (Lipinski definition) is 2. The Morgan fingerprint density at radius 1 is 1.50 bits per heavy atom. The van der Waals surface area contributed by atoms with Crippen LogP contribution in [0.4, 0.5) is 0 Å². The van der Waals surface area contributed by atoms with Crippen molar-refractivity contribution >= 4 is 5.91 Å². The summed E-state index contributed by atoms with van der Waals surface area (Å²) in [6.07, 6.45) is 3.23. The minimum atomic E-state index is -0.292. The molecule has 1 aliphatic heterocycles. The number of piperidine rings is 1. The van der Waals surface area contributed by atoms with E-state index in [1.54, 1.807) is 0 Å². The number of nitrogens with zero attached hydrogens (tertiary/aromatic N) is 2. The van der Waals surface area contributed by atoms with Gasteiger partial charge in [0.25, 0.3) is 11.5 Å². The van der Waals surface area contributed by atoms with E-state index < -0.39 is 0 Å². The second-order valence-electron chi connectivity index (χ2n) is 5.27. The molecule has 20 heavy (non-hydrogen) atoms. The molecule has 1 unspecified atom stereocenters. The first kappa shape index (κ1) is 14.7. The SMILES string of the molecule is CCCN(CC1CCCNC1)C(=O)c1ccc(=O)[nH]n1. The van der Waals surface area contributed by atoms with E-state index in [1.165, 1.54) is 12.1 Å². The van der Waals surface area contributed by atoms with Gasteiger partial charge in [0.1, 0.15) is 5.69 Å². The minimum Gasteiger partial charge on any atom is -0.337 e. The number of aromatic nitrogens is 2. The third-order valence-corrected chi connectivity index (χ3v) is 3.56. The van der Waals surface area contributed by atoms with Crippen LogP contribution in [0.15, 0.2) is 16.9 Å². The molecule has 0 aromatic carbocycles. The molecule has 0 radical (unpaired) electrons. The molecule has 2 rings (SSSR count). The second kappa shape index (κ2) is 7.19. The Labute approximate surface area is 118 Å². The molecule has 6 nitrogen and oxygen atoms in total. The predicted octanol–water partition coefficient (Wildman–Crippen LogP) is 0.622. The molecule has 6 heteroatoms. The lowest BCUT2D eigenvalue weighted by Gasteiger charge is -2.29. The van der Waals surface area contributed by atoms with Crippen LogP contribution >= 0.6 is 0 Å². The Morgan fingerprint density at radius 2 is 2.35 bits per heavy atom. The molecule has 0 bridgehead atoms. The third-order valence-electron chi connectivity index (χ3n) is 3.56. The Hall–Kier alpha value is -1.69. The second-order valence-corrected chi connectivity index (χ2v) is 5.27. The summed E-state index contributed by atoms with van der Waals surface area (Å²) in [6.45, 7) is 5.56. The van der Waals surface area contributed by atoms with Crippen LogP contribution in [0.3, 0.4) is 0 Å².